The van der Waals surface area contributed by atoms with Gasteiger partial charge in [0.2, 0.25) is 5.91 Å². The standard InChI is InChI=1S/C21H21NO4/c1-14(19-13-16-6-4-5-7-17(16)26-19)22-21(23)11-9-15-8-10-18(24-2)20(12-15)25-3/h4-14H,1-3H3,(H,22,23)/b11-9+/t14-/m0/s1. The van der Waals surface area contributed by atoms with E-state index in [9.17, 15) is 4.79 Å². The minimum absolute atomic E-state index is 0.201. The third-order valence-corrected chi connectivity index (χ3v) is 4.06. The molecule has 0 aliphatic heterocycles. The van der Waals surface area contributed by atoms with Crippen LogP contribution < -0.4 is 14.8 Å². The largest absolute Gasteiger partial charge is 0.493 e. The molecule has 134 valence electrons. The highest BCUT2D eigenvalue weighted by atomic mass is 16.5. The fraction of sp³-hybridized carbons (Fsp3) is 0.190. The van der Waals surface area contributed by atoms with Gasteiger partial charge in [-0.2, -0.15) is 0 Å². The van der Waals surface area contributed by atoms with E-state index >= 15 is 0 Å². The van der Waals surface area contributed by atoms with Gasteiger partial charge in [0.05, 0.1) is 20.3 Å². The highest BCUT2D eigenvalue weighted by Crippen LogP contribution is 2.28. The van der Waals surface area contributed by atoms with Crippen molar-refractivity contribution in [1.29, 1.82) is 0 Å². The summed E-state index contributed by atoms with van der Waals surface area (Å²) in [4.78, 5) is 12.2. The highest BCUT2D eigenvalue weighted by molar-refractivity contribution is 5.92. The minimum atomic E-state index is -0.232. The van der Waals surface area contributed by atoms with Gasteiger partial charge in [0, 0.05) is 11.5 Å². The molecule has 2 aromatic carbocycles. The second kappa shape index (κ2) is 7.78. The third-order valence-electron chi connectivity index (χ3n) is 4.06. The maximum absolute atomic E-state index is 12.2. The molecule has 0 saturated heterocycles. The molecule has 0 unspecified atom stereocenters. The molecular weight excluding hydrogens is 330 g/mol. The fourth-order valence-corrected chi connectivity index (χ4v) is 2.68. The molecule has 3 aromatic rings. The summed E-state index contributed by atoms with van der Waals surface area (Å²) in [7, 11) is 3.16. The fourth-order valence-electron chi connectivity index (χ4n) is 2.68. The molecule has 0 spiro atoms. The van der Waals surface area contributed by atoms with Gasteiger partial charge in [0.25, 0.3) is 0 Å². The Morgan fingerprint density at radius 3 is 2.58 bits per heavy atom. The summed E-state index contributed by atoms with van der Waals surface area (Å²) in [6.45, 7) is 1.89. The van der Waals surface area contributed by atoms with Crippen LogP contribution in [0.4, 0.5) is 0 Å². The van der Waals surface area contributed by atoms with E-state index in [2.05, 4.69) is 5.32 Å². The van der Waals surface area contributed by atoms with Gasteiger partial charge in [-0.1, -0.05) is 24.3 Å². The van der Waals surface area contributed by atoms with Gasteiger partial charge in [0.1, 0.15) is 11.3 Å². The Morgan fingerprint density at radius 1 is 1.08 bits per heavy atom. The first-order valence-corrected chi connectivity index (χ1v) is 8.30. The molecular formula is C21H21NO4. The SMILES string of the molecule is COc1ccc(/C=C/C(=O)N[C@@H](C)c2cc3ccccc3o2)cc1OC. The summed E-state index contributed by atoms with van der Waals surface area (Å²) in [5.41, 5.74) is 1.65. The number of fused-ring (bicyclic) bond motifs is 1. The van der Waals surface area contributed by atoms with E-state index in [1.54, 1.807) is 26.4 Å². The van der Waals surface area contributed by atoms with Crippen LogP contribution in [0.25, 0.3) is 17.0 Å². The molecule has 1 amide bonds. The van der Waals surface area contributed by atoms with Crippen molar-refractivity contribution in [3.63, 3.8) is 0 Å². The number of benzene rings is 2. The van der Waals surface area contributed by atoms with Crippen LogP contribution in [0.15, 0.2) is 59.0 Å². The molecule has 3 rings (SSSR count). The molecule has 0 bridgehead atoms. The van der Waals surface area contributed by atoms with Crippen LogP contribution in [0, 0.1) is 0 Å². The van der Waals surface area contributed by atoms with Crippen molar-refractivity contribution >= 4 is 23.0 Å². The summed E-state index contributed by atoms with van der Waals surface area (Å²) in [6.07, 6.45) is 3.21. The van der Waals surface area contributed by atoms with Gasteiger partial charge in [-0.3, -0.25) is 4.79 Å². The summed E-state index contributed by atoms with van der Waals surface area (Å²) in [6, 6.07) is 14.9. The average molecular weight is 351 g/mol. The molecule has 0 aliphatic rings. The molecule has 5 nitrogen and oxygen atoms in total. The second-order valence-corrected chi connectivity index (χ2v) is 5.86. The Balaban J connectivity index is 1.67. The van der Waals surface area contributed by atoms with E-state index < -0.39 is 0 Å². The van der Waals surface area contributed by atoms with Crippen molar-refractivity contribution in [1.82, 2.24) is 5.32 Å². The molecule has 0 fully saturated rings. The van der Waals surface area contributed by atoms with E-state index in [4.69, 9.17) is 13.9 Å². The Kier molecular flexibility index (Phi) is 5.27. The number of nitrogens with one attached hydrogen (secondary N) is 1. The Hall–Kier alpha value is -3.21. The number of carbonyl (C=O) groups excluding carboxylic acids is 1. The average Bonchev–Trinajstić information content (AvgIpc) is 3.10. The lowest BCUT2D eigenvalue weighted by atomic mass is 10.2. The number of amides is 1. The predicted octanol–water partition coefficient (Wildman–Crippen LogP) is 4.34. The number of furan rings is 1. The lowest BCUT2D eigenvalue weighted by molar-refractivity contribution is -0.117. The van der Waals surface area contributed by atoms with Crippen molar-refractivity contribution < 1.29 is 18.7 Å². The van der Waals surface area contributed by atoms with Crippen molar-refractivity contribution in [3.8, 4) is 11.5 Å². The topological polar surface area (TPSA) is 60.7 Å². The van der Waals surface area contributed by atoms with Gasteiger partial charge in [-0.15, -0.1) is 0 Å². The van der Waals surface area contributed by atoms with Gasteiger partial charge in [-0.25, -0.2) is 0 Å². The lowest BCUT2D eigenvalue weighted by Crippen LogP contribution is -2.24. The molecule has 1 aromatic heterocycles. The Morgan fingerprint density at radius 2 is 1.85 bits per heavy atom. The molecule has 26 heavy (non-hydrogen) atoms. The molecule has 0 saturated carbocycles. The van der Waals surface area contributed by atoms with Crippen LogP contribution in [-0.4, -0.2) is 20.1 Å². The molecule has 1 heterocycles. The monoisotopic (exact) mass is 351 g/mol. The van der Waals surface area contributed by atoms with Crippen molar-refractivity contribution in [2.45, 2.75) is 13.0 Å². The van der Waals surface area contributed by atoms with Crippen LogP contribution in [0.1, 0.15) is 24.3 Å². The Labute approximate surface area is 152 Å². The number of ether oxygens (including phenoxy) is 2. The predicted molar refractivity (Wildman–Crippen MR) is 101 cm³/mol. The van der Waals surface area contributed by atoms with Gasteiger partial charge in [-0.05, 0) is 42.8 Å². The van der Waals surface area contributed by atoms with E-state index in [1.165, 1.54) is 6.08 Å². The molecule has 0 radical (unpaired) electrons. The van der Waals surface area contributed by atoms with E-state index in [1.807, 2.05) is 49.4 Å². The van der Waals surface area contributed by atoms with Gasteiger partial charge in [0.15, 0.2) is 11.5 Å². The van der Waals surface area contributed by atoms with Crippen molar-refractivity contribution in [3.05, 3.63) is 65.9 Å². The normalized spacial score (nSPS) is 12.3. The van der Waals surface area contributed by atoms with Gasteiger partial charge >= 0.3 is 0 Å². The summed E-state index contributed by atoms with van der Waals surface area (Å²) >= 11 is 0. The molecule has 1 N–H and O–H groups in total. The zero-order chi connectivity index (χ0) is 18.5. The maximum atomic E-state index is 12.2. The summed E-state index contributed by atoms with van der Waals surface area (Å²) in [5, 5.41) is 3.92. The van der Waals surface area contributed by atoms with E-state index in [0.717, 1.165) is 22.3 Å². The first kappa shape index (κ1) is 17.6. The van der Waals surface area contributed by atoms with Gasteiger partial charge < -0.3 is 19.2 Å². The van der Waals surface area contributed by atoms with Crippen LogP contribution in [-0.2, 0) is 4.79 Å². The van der Waals surface area contributed by atoms with Crippen molar-refractivity contribution in [2.24, 2.45) is 0 Å². The zero-order valence-corrected chi connectivity index (χ0v) is 15.0. The first-order valence-electron chi connectivity index (χ1n) is 8.30. The van der Waals surface area contributed by atoms with Crippen LogP contribution >= 0.6 is 0 Å². The maximum Gasteiger partial charge on any atom is 0.244 e. The second-order valence-electron chi connectivity index (χ2n) is 5.86. The molecule has 5 heteroatoms. The highest BCUT2D eigenvalue weighted by Gasteiger charge is 2.12. The summed E-state index contributed by atoms with van der Waals surface area (Å²) in [5.74, 6) is 1.78. The number of methoxy groups -OCH3 is 2. The lowest BCUT2D eigenvalue weighted by Gasteiger charge is -2.09. The van der Waals surface area contributed by atoms with E-state index in [-0.39, 0.29) is 11.9 Å². The first-order chi connectivity index (χ1) is 12.6. The zero-order valence-electron chi connectivity index (χ0n) is 15.0. The molecule has 0 aliphatic carbocycles. The number of rotatable bonds is 6. The van der Waals surface area contributed by atoms with Crippen LogP contribution in [0.2, 0.25) is 0 Å². The van der Waals surface area contributed by atoms with Crippen LogP contribution in [0.3, 0.4) is 0 Å². The number of hydrogen-bond acceptors (Lipinski definition) is 4. The number of hydrogen-bond donors (Lipinski definition) is 1. The summed E-state index contributed by atoms with van der Waals surface area (Å²) < 4.78 is 16.2. The minimum Gasteiger partial charge on any atom is -0.493 e. The quantitative estimate of drug-likeness (QED) is 0.671. The number of carbonyl (C=O) groups is 1. The third kappa shape index (κ3) is 3.88. The Bertz CT molecular complexity index is 909. The van der Waals surface area contributed by atoms with Crippen LogP contribution in [0.5, 0.6) is 11.5 Å². The smallest absolute Gasteiger partial charge is 0.244 e. The molecule has 1 atom stereocenters. The van der Waals surface area contributed by atoms with Crippen molar-refractivity contribution in [2.75, 3.05) is 14.2 Å². The van der Waals surface area contributed by atoms with E-state index in [0.29, 0.717) is 11.5 Å². The number of para-hydroxylation sites is 1.